The van der Waals surface area contributed by atoms with Crippen LogP contribution in [0.5, 0.6) is 0 Å². The number of carbonyl (C=O) groups excluding carboxylic acids is 3. The molecule has 0 aromatic heterocycles. The van der Waals surface area contributed by atoms with Gasteiger partial charge in [-0.3, -0.25) is 14.4 Å². The largest absolute Gasteiger partial charge is 0.456 e. The lowest BCUT2D eigenvalue weighted by atomic mass is 10.00. The zero-order valence-corrected chi connectivity index (χ0v) is 11.4. The minimum Gasteiger partial charge on any atom is -0.456 e. The zero-order valence-electron chi connectivity index (χ0n) is 11.4. The normalized spacial score (nSPS) is 35.2. The van der Waals surface area contributed by atoms with Crippen LogP contribution in [0.25, 0.3) is 0 Å². The number of hydrogen-bond acceptors (Lipinski definition) is 8. The molecule has 112 valence electrons. The summed E-state index contributed by atoms with van der Waals surface area (Å²) in [7, 11) is 0. The molecule has 0 radical (unpaired) electrons. The first kappa shape index (κ1) is 14.7. The van der Waals surface area contributed by atoms with Crippen LogP contribution >= 0.6 is 0 Å². The summed E-state index contributed by atoms with van der Waals surface area (Å²) >= 11 is 0. The van der Waals surface area contributed by atoms with Crippen LogP contribution in [0.4, 0.5) is 0 Å². The SMILES string of the molecule is CC(=O)O[C@@H]1[C@@H](OC(C)=O)[C@@H]2OC[C@H](O2)[C@H]1OC(C)=O. The Balaban J connectivity index is 2.24. The Labute approximate surface area is 115 Å². The van der Waals surface area contributed by atoms with Gasteiger partial charge >= 0.3 is 17.9 Å². The summed E-state index contributed by atoms with van der Waals surface area (Å²) in [6.45, 7) is 3.83. The number of rotatable bonds is 3. The van der Waals surface area contributed by atoms with Crippen molar-refractivity contribution in [2.75, 3.05) is 6.61 Å². The molecule has 0 saturated carbocycles. The highest BCUT2D eigenvalue weighted by Gasteiger charge is 2.55. The summed E-state index contributed by atoms with van der Waals surface area (Å²) in [5, 5.41) is 0. The standard InChI is InChI=1S/C12H16O8/c1-5(13)17-9-8-4-16-12(20-8)11(19-7(3)15)10(9)18-6(2)14/h8-12H,4H2,1-3H3/t8-,9+,10-,11+,12+/m0/s1. The molecule has 2 aliphatic rings. The van der Waals surface area contributed by atoms with Gasteiger partial charge in [-0.2, -0.15) is 0 Å². The molecule has 8 nitrogen and oxygen atoms in total. The van der Waals surface area contributed by atoms with Crippen molar-refractivity contribution in [3.05, 3.63) is 0 Å². The molecule has 0 spiro atoms. The van der Waals surface area contributed by atoms with Gasteiger partial charge in [0.1, 0.15) is 6.10 Å². The van der Waals surface area contributed by atoms with Crippen LogP contribution in [-0.2, 0) is 38.1 Å². The van der Waals surface area contributed by atoms with Crippen LogP contribution < -0.4 is 0 Å². The van der Waals surface area contributed by atoms with E-state index in [1.807, 2.05) is 0 Å². The molecule has 5 atom stereocenters. The maximum atomic E-state index is 11.2. The topological polar surface area (TPSA) is 97.4 Å². The van der Waals surface area contributed by atoms with Crippen molar-refractivity contribution in [2.24, 2.45) is 0 Å². The van der Waals surface area contributed by atoms with Crippen LogP contribution in [0.2, 0.25) is 0 Å². The number of carbonyl (C=O) groups is 3. The fourth-order valence-electron chi connectivity index (χ4n) is 2.31. The molecule has 2 fully saturated rings. The molecular weight excluding hydrogens is 272 g/mol. The van der Waals surface area contributed by atoms with Crippen LogP contribution in [0, 0.1) is 0 Å². The van der Waals surface area contributed by atoms with Crippen molar-refractivity contribution in [1.29, 1.82) is 0 Å². The average Bonchev–Trinajstić information content (AvgIpc) is 2.74. The van der Waals surface area contributed by atoms with Crippen molar-refractivity contribution in [3.8, 4) is 0 Å². The van der Waals surface area contributed by atoms with Crippen molar-refractivity contribution >= 4 is 17.9 Å². The highest BCUT2D eigenvalue weighted by Crippen LogP contribution is 2.33. The van der Waals surface area contributed by atoms with E-state index in [-0.39, 0.29) is 6.61 Å². The number of hydrogen-bond donors (Lipinski definition) is 0. The van der Waals surface area contributed by atoms with E-state index in [4.69, 9.17) is 23.7 Å². The molecule has 0 aliphatic carbocycles. The van der Waals surface area contributed by atoms with Gasteiger partial charge < -0.3 is 23.7 Å². The minimum atomic E-state index is -0.973. The second-order valence-corrected chi connectivity index (χ2v) is 4.60. The Morgan fingerprint density at radius 1 is 0.850 bits per heavy atom. The highest BCUT2D eigenvalue weighted by molar-refractivity contribution is 5.68. The van der Waals surface area contributed by atoms with Crippen LogP contribution in [0.3, 0.4) is 0 Å². The second-order valence-electron chi connectivity index (χ2n) is 4.60. The second kappa shape index (κ2) is 5.76. The smallest absolute Gasteiger partial charge is 0.303 e. The molecule has 0 aromatic carbocycles. The van der Waals surface area contributed by atoms with E-state index in [0.29, 0.717) is 0 Å². The van der Waals surface area contributed by atoms with Gasteiger partial charge in [0.05, 0.1) is 6.61 Å². The predicted octanol–water partition coefficient (Wildman–Crippen LogP) is -0.463. The Hall–Kier alpha value is -1.67. The van der Waals surface area contributed by atoms with Gasteiger partial charge in [-0.1, -0.05) is 0 Å². The van der Waals surface area contributed by atoms with Crippen LogP contribution in [0.15, 0.2) is 0 Å². The molecule has 8 heteroatoms. The molecular formula is C12H16O8. The van der Waals surface area contributed by atoms with Gasteiger partial charge in [0.2, 0.25) is 0 Å². The van der Waals surface area contributed by atoms with Gasteiger partial charge in [0, 0.05) is 20.8 Å². The molecule has 2 bridgehead atoms. The predicted molar refractivity (Wildman–Crippen MR) is 61.3 cm³/mol. The summed E-state index contributed by atoms with van der Waals surface area (Å²) in [6.07, 6.45) is -4.19. The maximum absolute atomic E-state index is 11.2. The Kier molecular flexibility index (Phi) is 4.24. The lowest BCUT2D eigenvalue weighted by molar-refractivity contribution is -0.250. The van der Waals surface area contributed by atoms with Crippen molar-refractivity contribution in [3.63, 3.8) is 0 Å². The van der Waals surface area contributed by atoms with E-state index in [9.17, 15) is 14.4 Å². The van der Waals surface area contributed by atoms with E-state index in [0.717, 1.165) is 0 Å². The van der Waals surface area contributed by atoms with E-state index in [1.165, 1.54) is 20.8 Å². The Morgan fingerprint density at radius 3 is 1.90 bits per heavy atom. The summed E-state index contributed by atoms with van der Waals surface area (Å²) in [5.41, 5.74) is 0. The molecule has 0 aromatic rings. The molecule has 2 rings (SSSR count). The third kappa shape index (κ3) is 3.07. The van der Waals surface area contributed by atoms with Gasteiger partial charge in [-0.15, -0.1) is 0 Å². The first-order valence-electron chi connectivity index (χ1n) is 6.17. The summed E-state index contributed by atoms with van der Waals surface area (Å²) in [6, 6.07) is 0. The summed E-state index contributed by atoms with van der Waals surface area (Å²) in [4.78, 5) is 33.6. The number of ether oxygens (including phenoxy) is 5. The van der Waals surface area contributed by atoms with Gasteiger partial charge in [-0.25, -0.2) is 0 Å². The van der Waals surface area contributed by atoms with E-state index in [1.54, 1.807) is 0 Å². The van der Waals surface area contributed by atoms with Gasteiger partial charge in [0.25, 0.3) is 0 Å². The molecule has 2 aliphatic heterocycles. The van der Waals surface area contributed by atoms with Crippen molar-refractivity contribution in [1.82, 2.24) is 0 Å². The fourth-order valence-corrected chi connectivity index (χ4v) is 2.31. The lowest BCUT2D eigenvalue weighted by Crippen LogP contribution is -2.58. The molecule has 2 saturated heterocycles. The van der Waals surface area contributed by atoms with Crippen molar-refractivity contribution in [2.45, 2.75) is 51.5 Å². The lowest BCUT2D eigenvalue weighted by Gasteiger charge is -2.38. The maximum Gasteiger partial charge on any atom is 0.303 e. The molecule has 2 heterocycles. The highest BCUT2D eigenvalue weighted by atomic mass is 16.8. The third-order valence-corrected chi connectivity index (χ3v) is 2.92. The fraction of sp³-hybridized carbons (Fsp3) is 0.750. The monoisotopic (exact) mass is 288 g/mol. The molecule has 0 amide bonds. The van der Waals surface area contributed by atoms with E-state index >= 15 is 0 Å². The number of esters is 3. The van der Waals surface area contributed by atoms with Gasteiger partial charge in [-0.05, 0) is 0 Å². The molecule has 20 heavy (non-hydrogen) atoms. The van der Waals surface area contributed by atoms with Crippen LogP contribution in [-0.4, -0.2) is 55.2 Å². The van der Waals surface area contributed by atoms with E-state index in [2.05, 4.69) is 0 Å². The zero-order chi connectivity index (χ0) is 14.9. The molecule has 0 N–H and O–H groups in total. The quantitative estimate of drug-likeness (QED) is 0.508. The van der Waals surface area contributed by atoms with E-state index < -0.39 is 48.6 Å². The third-order valence-electron chi connectivity index (χ3n) is 2.92. The number of fused-ring (bicyclic) bond motifs is 2. The van der Waals surface area contributed by atoms with Crippen LogP contribution in [0.1, 0.15) is 20.8 Å². The molecule has 0 unspecified atom stereocenters. The van der Waals surface area contributed by atoms with Gasteiger partial charge in [0.15, 0.2) is 24.6 Å². The first-order chi connectivity index (χ1) is 9.38. The van der Waals surface area contributed by atoms with Crippen molar-refractivity contribution < 1.29 is 38.1 Å². The summed E-state index contributed by atoms with van der Waals surface area (Å²) < 4.78 is 26.2. The Bertz CT molecular complexity index is 390. The Morgan fingerprint density at radius 2 is 1.35 bits per heavy atom. The average molecular weight is 288 g/mol. The summed E-state index contributed by atoms with van der Waals surface area (Å²) in [5.74, 6) is -1.71. The first-order valence-corrected chi connectivity index (χ1v) is 6.17. The minimum absolute atomic E-state index is 0.165.